The van der Waals surface area contributed by atoms with Crippen LogP contribution in [0.15, 0.2) is 36.5 Å². The molecule has 0 saturated carbocycles. The highest BCUT2D eigenvalue weighted by atomic mass is 16.2. The van der Waals surface area contributed by atoms with E-state index in [-0.39, 0.29) is 11.9 Å². The third-order valence-corrected chi connectivity index (χ3v) is 4.07. The highest BCUT2D eigenvalue weighted by Crippen LogP contribution is 2.17. The maximum absolute atomic E-state index is 12.6. The van der Waals surface area contributed by atoms with E-state index in [1.165, 1.54) is 4.80 Å². The Morgan fingerprint density at radius 1 is 1.17 bits per heavy atom. The number of para-hydroxylation sites is 1. The molecule has 3 aromatic rings. The van der Waals surface area contributed by atoms with Crippen LogP contribution < -0.4 is 5.32 Å². The number of aromatic nitrogens is 5. The van der Waals surface area contributed by atoms with Crippen molar-refractivity contribution >= 4 is 5.91 Å². The van der Waals surface area contributed by atoms with Crippen LogP contribution >= 0.6 is 0 Å². The van der Waals surface area contributed by atoms with Crippen molar-refractivity contribution in [1.29, 1.82) is 0 Å². The second kappa shape index (κ2) is 6.27. The fraction of sp³-hybridized carbons (Fsp3) is 0.294. The van der Waals surface area contributed by atoms with Gasteiger partial charge in [-0.15, -0.1) is 5.10 Å². The first-order chi connectivity index (χ1) is 11.5. The molecule has 24 heavy (non-hydrogen) atoms. The fourth-order valence-electron chi connectivity index (χ4n) is 2.55. The molecule has 7 heteroatoms. The average molecular weight is 324 g/mol. The van der Waals surface area contributed by atoms with Gasteiger partial charge in [0.1, 0.15) is 0 Å². The number of hydrogen-bond donors (Lipinski definition) is 1. The molecule has 0 aliphatic carbocycles. The minimum Gasteiger partial charge on any atom is -0.344 e. The number of rotatable bonds is 4. The predicted molar refractivity (Wildman–Crippen MR) is 89.9 cm³/mol. The SMILES string of the molecule is Cc1nn(-c2ccccc2)nc1C(=O)NC(C)c1cnn(C)c1C. The van der Waals surface area contributed by atoms with E-state index in [1.807, 2.05) is 51.2 Å². The zero-order valence-electron chi connectivity index (χ0n) is 14.2. The zero-order chi connectivity index (χ0) is 17.3. The van der Waals surface area contributed by atoms with Gasteiger partial charge < -0.3 is 5.32 Å². The normalized spacial score (nSPS) is 12.2. The van der Waals surface area contributed by atoms with Crippen LogP contribution in [0.3, 0.4) is 0 Å². The lowest BCUT2D eigenvalue weighted by molar-refractivity contribution is 0.0933. The number of amides is 1. The van der Waals surface area contributed by atoms with E-state index in [0.29, 0.717) is 11.4 Å². The molecular weight excluding hydrogens is 304 g/mol. The summed E-state index contributed by atoms with van der Waals surface area (Å²) in [5.41, 5.74) is 3.74. The summed E-state index contributed by atoms with van der Waals surface area (Å²) < 4.78 is 1.79. The lowest BCUT2D eigenvalue weighted by atomic mass is 10.1. The Labute approximate surface area is 140 Å². The van der Waals surface area contributed by atoms with Crippen molar-refractivity contribution in [3.63, 3.8) is 0 Å². The van der Waals surface area contributed by atoms with E-state index >= 15 is 0 Å². The molecule has 7 nitrogen and oxygen atoms in total. The number of carbonyl (C=O) groups excluding carboxylic acids is 1. The monoisotopic (exact) mass is 324 g/mol. The Hall–Kier alpha value is -2.96. The fourth-order valence-corrected chi connectivity index (χ4v) is 2.55. The molecule has 1 atom stereocenters. The molecule has 3 rings (SSSR count). The second-order valence-corrected chi connectivity index (χ2v) is 5.76. The van der Waals surface area contributed by atoms with Gasteiger partial charge in [-0.1, -0.05) is 18.2 Å². The number of benzene rings is 1. The Kier molecular flexibility index (Phi) is 4.16. The third kappa shape index (κ3) is 2.92. The van der Waals surface area contributed by atoms with Crippen molar-refractivity contribution in [2.45, 2.75) is 26.8 Å². The summed E-state index contributed by atoms with van der Waals surface area (Å²) in [6.45, 7) is 5.68. The zero-order valence-corrected chi connectivity index (χ0v) is 14.2. The van der Waals surface area contributed by atoms with Crippen molar-refractivity contribution in [3.8, 4) is 5.69 Å². The van der Waals surface area contributed by atoms with Crippen LogP contribution in [0.5, 0.6) is 0 Å². The molecule has 1 unspecified atom stereocenters. The van der Waals surface area contributed by atoms with Gasteiger partial charge in [0.2, 0.25) is 0 Å². The van der Waals surface area contributed by atoms with Gasteiger partial charge >= 0.3 is 0 Å². The lowest BCUT2D eigenvalue weighted by Crippen LogP contribution is -2.28. The molecule has 0 fully saturated rings. The number of nitrogens with zero attached hydrogens (tertiary/aromatic N) is 5. The van der Waals surface area contributed by atoms with Crippen LogP contribution in [0, 0.1) is 13.8 Å². The molecule has 124 valence electrons. The maximum atomic E-state index is 12.6. The number of nitrogens with one attached hydrogen (secondary N) is 1. The maximum Gasteiger partial charge on any atom is 0.274 e. The van der Waals surface area contributed by atoms with Crippen LogP contribution in [0.4, 0.5) is 0 Å². The van der Waals surface area contributed by atoms with Gasteiger partial charge in [0.25, 0.3) is 5.91 Å². The van der Waals surface area contributed by atoms with Crippen molar-refractivity contribution in [2.75, 3.05) is 0 Å². The smallest absolute Gasteiger partial charge is 0.274 e. The molecule has 0 radical (unpaired) electrons. The first-order valence-electron chi connectivity index (χ1n) is 7.76. The summed E-state index contributed by atoms with van der Waals surface area (Å²) in [5, 5.41) is 15.8. The Morgan fingerprint density at radius 2 is 1.88 bits per heavy atom. The van der Waals surface area contributed by atoms with E-state index in [9.17, 15) is 4.79 Å². The first kappa shape index (κ1) is 15.9. The van der Waals surface area contributed by atoms with Gasteiger partial charge in [-0.05, 0) is 32.9 Å². The van der Waals surface area contributed by atoms with Crippen molar-refractivity contribution in [2.24, 2.45) is 7.05 Å². The largest absolute Gasteiger partial charge is 0.344 e. The molecule has 1 N–H and O–H groups in total. The molecule has 0 bridgehead atoms. The predicted octanol–water partition coefficient (Wildman–Crippen LogP) is 2.11. The number of hydrogen-bond acceptors (Lipinski definition) is 4. The molecule has 0 aliphatic rings. The van der Waals surface area contributed by atoms with Gasteiger partial charge in [-0.25, -0.2) is 0 Å². The second-order valence-electron chi connectivity index (χ2n) is 5.76. The Bertz CT molecular complexity index is 865. The topological polar surface area (TPSA) is 77.6 Å². The summed E-state index contributed by atoms with van der Waals surface area (Å²) in [6.07, 6.45) is 1.77. The molecule has 2 aromatic heterocycles. The molecular formula is C17H20N6O. The summed E-state index contributed by atoms with van der Waals surface area (Å²) in [6, 6.07) is 9.35. The Balaban J connectivity index is 1.81. The van der Waals surface area contributed by atoms with Gasteiger partial charge in [-0.3, -0.25) is 9.48 Å². The van der Waals surface area contributed by atoms with Crippen LogP contribution in [-0.2, 0) is 7.05 Å². The third-order valence-electron chi connectivity index (χ3n) is 4.07. The lowest BCUT2D eigenvalue weighted by Gasteiger charge is -2.12. The van der Waals surface area contributed by atoms with Crippen molar-refractivity contribution in [3.05, 3.63) is 59.2 Å². The molecule has 0 aliphatic heterocycles. The summed E-state index contributed by atoms with van der Waals surface area (Å²) in [4.78, 5) is 14.0. The molecule has 0 spiro atoms. The highest BCUT2D eigenvalue weighted by molar-refractivity contribution is 5.93. The van der Waals surface area contributed by atoms with E-state index < -0.39 is 0 Å². The molecule has 0 saturated heterocycles. The van der Waals surface area contributed by atoms with Crippen molar-refractivity contribution < 1.29 is 4.79 Å². The summed E-state index contributed by atoms with van der Waals surface area (Å²) in [7, 11) is 1.88. The number of carbonyl (C=O) groups is 1. The quantitative estimate of drug-likeness (QED) is 0.797. The van der Waals surface area contributed by atoms with Gasteiger partial charge in [0.05, 0.1) is 23.6 Å². The standard InChI is InChI=1S/C17H20N6O/c1-11(15-10-18-22(4)13(15)3)19-17(24)16-12(2)20-23(21-16)14-8-6-5-7-9-14/h5-11H,1-4H3,(H,19,24). The van der Waals surface area contributed by atoms with Crippen LogP contribution in [0.1, 0.15) is 40.4 Å². The van der Waals surface area contributed by atoms with Crippen LogP contribution in [-0.4, -0.2) is 30.7 Å². The van der Waals surface area contributed by atoms with E-state index in [1.54, 1.807) is 17.8 Å². The van der Waals surface area contributed by atoms with E-state index in [2.05, 4.69) is 20.6 Å². The van der Waals surface area contributed by atoms with Crippen LogP contribution in [0.2, 0.25) is 0 Å². The van der Waals surface area contributed by atoms with Gasteiger partial charge in [-0.2, -0.15) is 15.0 Å². The number of aryl methyl sites for hydroxylation is 2. The molecule has 1 aromatic carbocycles. The van der Waals surface area contributed by atoms with Gasteiger partial charge in [0, 0.05) is 18.3 Å². The van der Waals surface area contributed by atoms with Crippen molar-refractivity contribution in [1.82, 2.24) is 30.1 Å². The van der Waals surface area contributed by atoms with Crippen LogP contribution in [0.25, 0.3) is 5.69 Å². The summed E-state index contributed by atoms with van der Waals surface area (Å²) in [5.74, 6) is -0.245. The molecule has 2 heterocycles. The van der Waals surface area contributed by atoms with E-state index in [4.69, 9.17) is 0 Å². The summed E-state index contributed by atoms with van der Waals surface area (Å²) >= 11 is 0. The highest BCUT2D eigenvalue weighted by Gasteiger charge is 2.20. The minimum atomic E-state index is -0.245. The Morgan fingerprint density at radius 3 is 2.50 bits per heavy atom. The van der Waals surface area contributed by atoms with E-state index in [0.717, 1.165) is 16.9 Å². The molecule has 1 amide bonds. The minimum absolute atomic E-state index is 0.160. The first-order valence-corrected chi connectivity index (χ1v) is 7.76. The van der Waals surface area contributed by atoms with Gasteiger partial charge in [0.15, 0.2) is 5.69 Å². The average Bonchev–Trinajstić information content (AvgIpc) is 3.12.